The van der Waals surface area contributed by atoms with E-state index in [9.17, 15) is 26.3 Å². The van der Waals surface area contributed by atoms with E-state index < -0.39 is 13.4 Å². The second kappa shape index (κ2) is 236. The summed E-state index contributed by atoms with van der Waals surface area (Å²) < 4.78 is 57.5. The zero-order valence-electron chi connectivity index (χ0n) is 19.1. The first kappa shape index (κ1) is 233. The molecule has 35 heteroatoms. The fraction of sp³-hybridized carbons (Fsp3) is 0. The van der Waals surface area contributed by atoms with Crippen LogP contribution in [0.5, 0.6) is 0 Å². The van der Waals surface area contributed by atoms with Crippen LogP contribution < -0.4 is 0 Å². The van der Waals surface area contributed by atoms with Gasteiger partial charge in [0.1, 0.15) is 0 Å². The number of hydrogen-bond donors (Lipinski definition) is 0. The molecular formula is C4H3F6U29-. The molecule has 0 N–H and O–H groups in total. The van der Waals surface area contributed by atoms with E-state index in [4.69, 9.17) is 0 Å². The molecule has 39 heavy (non-hydrogen) atoms. The Morgan fingerprint density at radius 2 is 0.231 bits per heavy atom. The molecule has 0 heterocycles. The van der Waals surface area contributed by atoms with Gasteiger partial charge in [0.25, 0.3) is 0 Å². The standard InChI is InChI=1S/C2H3.2CF3.29U/c1-2;2*2-1(3)4;;;;;;;;;;;;;;;;;;;;;;;;;;;;;/h1H,2H2;;;;;;;;;;;;;;;;;;;;;;;;;;;;;;;/q3*-1;;;;;;;;;;;;;;;;;;;;;;;;;;;;;+2. The number of rotatable bonds is 0. The quantitative estimate of drug-likeness (QED) is 0.259. The van der Waals surface area contributed by atoms with E-state index in [1.807, 2.05) is 0 Å². The molecule has 0 aromatic rings. The average molecular weight is 7070 g/mol. The molecule has 0 aliphatic rings. The van der Waals surface area contributed by atoms with E-state index in [-0.39, 0.29) is 902 Å². The molecule has 0 saturated carbocycles. The van der Waals surface area contributed by atoms with Crippen molar-refractivity contribution >= 4 is 0 Å². The van der Waals surface area contributed by atoms with Crippen LogP contribution in [0.2, 0.25) is 0 Å². The van der Waals surface area contributed by atoms with Crippen LogP contribution in [0.3, 0.4) is 0 Å². The Balaban J connectivity index is -0.000000000463. The Hall–Kier alpha value is 29.8. The van der Waals surface area contributed by atoms with Crippen molar-refractivity contribution < 1.29 is 929 Å². The van der Waals surface area contributed by atoms with Gasteiger partial charge in [-0.2, -0.15) is 0 Å². The summed E-state index contributed by atoms with van der Waals surface area (Å²) in [7, 11) is 0. The first-order valence-corrected chi connectivity index (χ1v) is 1.54. The van der Waals surface area contributed by atoms with Gasteiger partial charge in [-0.1, -0.05) is 0 Å². The molecule has 0 aromatic heterocycles. The van der Waals surface area contributed by atoms with Crippen molar-refractivity contribution in [3.8, 4) is 0 Å². The van der Waals surface area contributed by atoms with Gasteiger partial charge in [-0.05, 0) is 0 Å². The van der Waals surface area contributed by atoms with Gasteiger partial charge in [0, 0.05) is 871 Å². The normalized spacial score (nSPS) is 1.95. The first-order valence-electron chi connectivity index (χ1n) is 1.54. The fourth-order valence-electron chi connectivity index (χ4n) is 0. The second-order valence-electron chi connectivity index (χ2n) is 0.429. The van der Waals surface area contributed by atoms with Crippen LogP contribution in [0.4, 0.5) is 26.3 Å². The predicted molar refractivity (Wildman–Crippen MR) is 23.1 cm³/mol. The molecule has 0 aromatic carbocycles. The summed E-state index contributed by atoms with van der Waals surface area (Å²) in [5, 5.41) is 0. The van der Waals surface area contributed by atoms with E-state index in [1.165, 1.54) is 0 Å². The van der Waals surface area contributed by atoms with Crippen molar-refractivity contribution in [3.63, 3.8) is 0 Å². The molecule has 0 nitrogen and oxygen atoms in total. The molecule has 0 fully saturated rings. The third kappa shape index (κ3) is 330. The van der Waals surface area contributed by atoms with E-state index in [1.54, 1.807) is 0 Å². The molecule has 0 aliphatic carbocycles. The Labute approximate surface area is 921 Å². The minimum atomic E-state index is -3.08. The SMILES string of the molecule is F[C-](F)F.F[C-](F)F.[CH-]=C.[U+2].[U].[U].[U].[U].[U].[U].[U].[U].[U].[U].[U].[U].[U].[U].[U].[U].[U].[U].[U].[U].[U].[U].[U].[U].[U].[U].[U].[U]. The minimum absolute atomic E-state index is 0. The Morgan fingerprint density at radius 3 is 0.231 bits per heavy atom. The van der Waals surface area contributed by atoms with Crippen molar-refractivity contribution in [2.75, 3.05) is 0 Å². The van der Waals surface area contributed by atoms with Crippen LogP contribution in [0, 0.1) is 922 Å². The maximum Gasteiger partial charge on any atom is 2.00 e. The number of halogens is 6. The summed E-state index contributed by atoms with van der Waals surface area (Å²) in [6, 6.07) is 0. The van der Waals surface area contributed by atoms with Crippen LogP contribution >= 0.6 is 0 Å². The average Bonchev–Trinajstić information content (AvgIpc) is 1.66. The summed E-state index contributed by atoms with van der Waals surface area (Å²) in [5.74, 6) is 0. The maximum atomic E-state index is 9.58. The van der Waals surface area contributed by atoms with Crippen molar-refractivity contribution in [2.24, 2.45) is 0 Å². The summed E-state index contributed by atoms with van der Waals surface area (Å²) in [6.07, 6.45) is 0. The second-order valence-corrected chi connectivity index (χ2v) is 0.429. The molecule has 0 rings (SSSR count). The van der Waals surface area contributed by atoms with Gasteiger partial charge < -0.3 is 32.9 Å². The van der Waals surface area contributed by atoms with Crippen LogP contribution in [-0.4, -0.2) is 0 Å². The molecule has 178 valence electrons. The zero-order chi connectivity index (χ0) is 9.15. The summed E-state index contributed by atoms with van der Waals surface area (Å²) >= 11 is 0. The van der Waals surface area contributed by atoms with Gasteiger partial charge in [0.15, 0.2) is 13.4 Å². The maximum absolute atomic E-state index is 9.58. The monoisotopic (exact) mass is 7070 g/mol. The molecule has 0 bridgehead atoms. The molecule has 0 saturated heterocycles. The summed E-state index contributed by atoms with van der Waals surface area (Å²) in [4.78, 5) is 0. The Morgan fingerprint density at radius 1 is 0.231 bits per heavy atom. The largest absolute Gasteiger partial charge is 2.00 e. The third-order valence-corrected chi connectivity index (χ3v) is 0. The molecule has 0 atom stereocenters. The van der Waals surface area contributed by atoms with Gasteiger partial charge in [-0.25, -0.2) is 0 Å². The zero-order valence-corrected chi connectivity index (χ0v) is 140. The Kier molecular flexibility index (Phi) is 1410. The Bertz CT molecular complexity index is 65.5. The van der Waals surface area contributed by atoms with Crippen molar-refractivity contribution in [3.05, 3.63) is 26.5 Å². The van der Waals surface area contributed by atoms with E-state index in [2.05, 4.69) is 13.2 Å². The van der Waals surface area contributed by atoms with Crippen LogP contribution in [0.15, 0.2) is 6.58 Å². The van der Waals surface area contributed by atoms with Crippen molar-refractivity contribution in [1.82, 2.24) is 0 Å². The molecule has 0 spiro atoms. The van der Waals surface area contributed by atoms with E-state index in [0.717, 1.165) is 0 Å². The van der Waals surface area contributed by atoms with E-state index >= 15 is 0 Å². The smallest absolute Gasteiger partial charge is 0.521 e. The van der Waals surface area contributed by atoms with Crippen LogP contribution in [0.25, 0.3) is 0 Å². The first-order chi connectivity index (χ1) is 4.46. The molecule has 0 radical (unpaired) electrons. The van der Waals surface area contributed by atoms with Gasteiger partial charge in [0.2, 0.25) is 0 Å². The molecule has 0 unspecified atom stereocenters. The molecule has 0 amide bonds. The van der Waals surface area contributed by atoms with E-state index in [0.29, 0.717) is 0 Å². The third-order valence-electron chi connectivity index (χ3n) is 0. The summed E-state index contributed by atoms with van der Waals surface area (Å²) in [6.45, 7) is 0.833. The predicted octanol–water partition coefficient (Wildman–Crippen LogP) is 3.29. The van der Waals surface area contributed by atoms with Crippen LogP contribution in [-0.2, 0) is 0 Å². The van der Waals surface area contributed by atoms with Crippen LogP contribution in [0.1, 0.15) is 0 Å². The summed E-state index contributed by atoms with van der Waals surface area (Å²) in [5.41, 5.74) is 0. The topological polar surface area (TPSA) is 0 Å². The molecule has 0 aliphatic heterocycles. The van der Waals surface area contributed by atoms with Gasteiger partial charge >= 0.3 is 31.1 Å². The minimum Gasteiger partial charge on any atom is -0.521 e. The van der Waals surface area contributed by atoms with Crippen molar-refractivity contribution in [1.29, 1.82) is 0 Å². The fourth-order valence-corrected chi connectivity index (χ4v) is 0. The van der Waals surface area contributed by atoms with Gasteiger partial charge in [-0.15, -0.1) is 0 Å². The molecular weight excluding hydrogens is 7060 g/mol. The number of hydrogen-bond acceptors (Lipinski definition) is 0. The van der Waals surface area contributed by atoms with Crippen molar-refractivity contribution in [2.45, 2.75) is 0 Å². The van der Waals surface area contributed by atoms with Gasteiger partial charge in [0.05, 0.1) is 0 Å². The van der Waals surface area contributed by atoms with Gasteiger partial charge in [-0.3, -0.25) is 6.58 Å².